The van der Waals surface area contributed by atoms with Crippen LogP contribution in [0.2, 0.25) is 0 Å². The van der Waals surface area contributed by atoms with Crippen LogP contribution < -0.4 is 5.32 Å². The number of nitrogens with one attached hydrogen (secondary N) is 1. The molecule has 102 valence electrons. The Bertz CT molecular complexity index is 837. The fourth-order valence-corrected chi connectivity index (χ4v) is 2.62. The van der Waals surface area contributed by atoms with Crippen molar-refractivity contribution in [1.29, 1.82) is 5.26 Å². The Morgan fingerprint density at radius 1 is 1.10 bits per heavy atom. The summed E-state index contributed by atoms with van der Waals surface area (Å²) in [5, 5.41) is 13.5. The minimum atomic E-state index is 0.559. The second kappa shape index (κ2) is 5.94. The highest BCUT2D eigenvalue weighted by Crippen LogP contribution is 2.20. The van der Waals surface area contributed by atoms with Crippen LogP contribution in [0.5, 0.6) is 0 Å². The van der Waals surface area contributed by atoms with Gasteiger partial charge in [0, 0.05) is 16.4 Å². The van der Waals surface area contributed by atoms with Crippen LogP contribution in [0, 0.1) is 11.3 Å². The first-order valence-corrected chi connectivity index (χ1v) is 7.34. The summed E-state index contributed by atoms with van der Waals surface area (Å²) in [6, 6.07) is 19.9. The number of nitriles is 1. The van der Waals surface area contributed by atoms with E-state index < -0.39 is 0 Å². The van der Waals surface area contributed by atoms with Gasteiger partial charge in [-0.2, -0.15) is 5.26 Å². The number of aromatic nitrogens is 1. The van der Waals surface area contributed by atoms with Gasteiger partial charge in [0.1, 0.15) is 11.9 Å². The lowest BCUT2D eigenvalue weighted by atomic mass is 10.1. The van der Waals surface area contributed by atoms with Crippen LogP contribution in [0.4, 0.5) is 5.82 Å². The second-order valence-electron chi connectivity index (χ2n) is 4.67. The summed E-state index contributed by atoms with van der Waals surface area (Å²) in [6.45, 7) is 0.624. The topological polar surface area (TPSA) is 48.7 Å². The number of nitrogens with zero attached hydrogens (tertiary/aromatic N) is 2. The van der Waals surface area contributed by atoms with E-state index in [1.54, 1.807) is 0 Å². The molecule has 0 saturated carbocycles. The van der Waals surface area contributed by atoms with Gasteiger partial charge >= 0.3 is 0 Å². The maximum Gasteiger partial charge on any atom is 0.144 e. The quantitative estimate of drug-likeness (QED) is 0.766. The highest BCUT2D eigenvalue weighted by Gasteiger charge is 2.06. The van der Waals surface area contributed by atoms with E-state index in [-0.39, 0.29) is 0 Å². The fourth-order valence-electron chi connectivity index (χ4n) is 2.17. The van der Waals surface area contributed by atoms with Crippen molar-refractivity contribution in [2.45, 2.75) is 6.54 Å². The fraction of sp³-hybridized carbons (Fsp3) is 0.0588. The molecule has 1 N–H and O–H groups in total. The molecule has 1 aromatic heterocycles. The highest BCUT2D eigenvalue weighted by atomic mass is 79.9. The van der Waals surface area contributed by atoms with Gasteiger partial charge in [-0.15, -0.1) is 0 Å². The number of benzene rings is 2. The van der Waals surface area contributed by atoms with Crippen molar-refractivity contribution < 1.29 is 0 Å². The number of fused-ring (bicyclic) bond motifs is 1. The number of hydrogen-bond donors (Lipinski definition) is 1. The molecule has 0 spiro atoms. The SMILES string of the molecule is N#Cc1cc2ccccc2nc1NCc1cccc(Br)c1. The lowest BCUT2D eigenvalue weighted by Crippen LogP contribution is -2.03. The van der Waals surface area contributed by atoms with Gasteiger partial charge in [0.2, 0.25) is 0 Å². The van der Waals surface area contributed by atoms with Crippen molar-refractivity contribution in [2.75, 3.05) is 5.32 Å². The van der Waals surface area contributed by atoms with Gasteiger partial charge in [-0.3, -0.25) is 0 Å². The van der Waals surface area contributed by atoms with E-state index >= 15 is 0 Å². The summed E-state index contributed by atoms with van der Waals surface area (Å²) in [6.07, 6.45) is 0. The Morgan fingerprint density at radius 2 is 1.95 bits per heavy atom. The molecule has 0 bridgehead atoms. The van der Waals surface area contributed by atoms with Gasteiger partial charge in [0.15, 0.2) is 0 Å². The van der Waals surface area contributed by atoms with Crippen molar-refractivity contribution in [3.05, 3.63) is 70.2 Å². The zero-order chi connectivity index (χ0) is 14.7. The number of para-hydroxylation sites is 1. The van der Waals surface area contributed by atoms with E-state index in [1.165, 1.54) is 0 Å². The lowest BCUT2D eigenvalue weighted by Gasteiger charge is -2.09. The average molecular weight is 338 g/mol. The van der Waals surface area contributed by atoms with Gasteiger partial charge in [0.05, 0.1) is 11.1 Å². The summed E-state index contributed by atoms with van der Waals surface area (Å²) in [5.74, 6) is 0.621. The molecule has 21 heavy (non-hydrogen) atoms. The predicted molar refractivity (Wildman–Crippen MR) is 87.9 cm³/mol. The van der Waals surface area contributed by atoms with E-state index in [4.69, 9.17) is 0 Å². The molecule has 0 aliphatic carbocycles. The van der Waals surface area contributed by atoms with Crippen LogP contribution in [0.1, 0.15) is 11.1 Å². The van der Waals surface area contributed by atoms with Crippen molar-refractivity contribution in [1.82, 2.24) is 4.98 Å². The minimum absolute atomic E-state index is 0.559. The molecule has 0 aliphatic heterocycles. The summed E-state index contributed by atoms with van der Waals surface area (Å²) in [7, 11) is 0. The van der Waals surface area contributed by atoms with E-state index in [9.17, 15) is 5.26 Å². The van der Waals surface area contributed by atoms with Crippen LogP contribution in [-0.2, 0) is 6.54 Å². The first kappa shape index (κ1) is 13.6. The van der Waals surface area contributed by atoms with Crippen LogP contribution in [0.15, 0.2) is 59.1 Å². The van der Waals surface area contributed by atoms with Crippen LogP contribution in [-0.4, -0.2) is 4.98 Å². The standard InChI is InChI=1S/C17H12BrN3/c18-15-6-3-4-12(8-15)11-20-17-14(10-19)9-13-5-1-2-7-16(13)21-17/h1-9H,11H2,(H,20,21). The van der Waals surface area contributed by atoms with Crippen molar-refractivity contribution in [2.24, 2.45) is 0 Å². The van der Waals surface area contributed by atoms with E-state index in [0.717, 1.165) is 20.9 Å². The predicted octanol–water partition coefficient (Wildman–Crippen LogP) is 4.48. The molecule has 0 saturated heterocycles. The molecular weight excluding hydrogens is 326 g/mol. The Hall–Kier alpha value is -2.38. The first-order valence-electron chi connectivity index (χ1n) is 6.54. The van der Waals surface area contributed by atoms with Gasteiger partial charge in [-0.25, -0.2) is 4.98 Å². The smallest absolute Gasteiger partial charge is 0.144 e. The maximum atomic E-state index is 9.28. The molecule has 3 rings (SSSR count). The molecule has 0 fully saturated rings. The zero-order valence-electron chi connectivity index (χ0n) is 11.2. The number of anilines is 1. The van der Waals surface area contributed by atoms with E-state index in [2.05, 4.69) is 32.3 Å². The first-order chi connectivity index (χ1) is 10.3. The van der Waals surface area contributed by atoms with Gasteiger partial charge < -0.3 is 5.32 Å². The molecule has 3 aromatic rings. The van der Waals surface area contributed by atoms with Crippen LogP contribution in [0.3, 0.4) is 0 Å². The Balaban J connectivity index is 1.91. The summed E-state index contributed by atoms with van der Waals surface area (Å²) < 4.78 is 1.04. The minimum Gasteiger partial charge on any atom is -0.365 e. The molecule has 0 amide bonds. The van der Waals surface area contributed by atoms with Crippen LogP contribution in [0.25, 0.3) is 10.9 Å². The third-order valence-electron chi connectivity index (χ3n) is 3.19. The van der Waals surface area contributed by atoms with Gasteiger partial charge in [0.25, 0.3) is 0 Å². The van der Waals surface area contributed by atoms with Crippen LogP contribution >= 0.6 is 15.9 Å². The number of halogens is 1. The third-order valence-corrected chi connectivity index (χ3v) is 3.69. The second-order valence-corrected chi connectivity index (χ2v) is 5.59. The Labute approximate surface area is 131 Å². The highest BCUT2D eigenvalue weighted by molar-refractivity contribution is 9.10. The zero-order valence-corrected chi connectivity index (χ0v) is 12.8. The van der Waals surface area contributed by atoms with Crippen molar-refractivity contribution in [3.63, 3.8) is 0 Å². The maximum absolute atomic E-state index is 9.28. The van der Waals surface area contributed by atoms with Gasteiger partial charge in [-0.05, 0) is 29.8 Å². The normalized spacial score (nSPS) is 10.3. The average Bonchev–Trinajstić information content (AvgIpc) is 2.52. The van der Waals surface area contributed by atoms with Crippen molar-refractivity contribution in [3.8, 4) is 6.07 Å². The van der Waals surface area contributed by atoms with Crippen molar-refractivity contribution >= 4 is 32.7 Å². The molecule has 0 radical (unpaired) electrons. The molecular formula is C17H12BrN3. The molecule has 0 unspecified atom stereocenters. The number of hydrogen-bond acceptors (Lipinski definition) is 3. The summed E-state index contributed by atoms with van der Waals surface area (Å²) >= 11 is 3.45. The molecule has 0 atom stereocenters. The van der Waals surface area contributed by atoms with Gasteiger partial charge in [-0.1, -0.05) is 46.3 Å². The van der Waals surface area contributed by atoms with E-state index in [1.807, 2.05) is 54.6 Å². The monoisotopic (exact) mass is 337 g/mol. The molecule has 4 heteroatoms. The molecule has 1 heterocycles. The molecule has 0 aliphatic rings. The number of rotatable bonds is 3. The number of pyridine rings is 1. The van der Waals surface area contributed by atoms with E-state index in [0.29, 0.717) is 17.9 Å². The molecule has 3 nitrogen and oxygen atoms in total. The third kappa shape index (κ3) is 3.04. The molecule has 2 aromatic carbocycles. The summed E-state index contributed by atoms with van der Waals surface area (Å²) in [4.78, 5) is 4.54. The Morgan fingerprint density at radius 3 is 2.76 bits per heavy atom. The summed E-state index contributed by atoms with van der Waals surface area (Å²) in [5.41, 5.74) is 2.57. The largest absolute Gasteiger partial charge is 0.365 e. The Kier molecular flexibility index (Phi) is 3.85. The lowest BCUT2D eigenvalue weighted by molar-refractivity contribution is 1.11.